The topological polar surface area (TPSA) is 60.5 Å². The van der Waals surface area contributed by atoms with Crippen LogP contribution in [0, 0.1) is 22.7 Å². The van der Waals surface area contributed by atoms with Crippen molar-refractivity contribution >= 4 is 11.6 Å². The molecule has 16 heavy (non-hydrogen) atoms. The third-order valence-corrected chi connectivity index (χ3v) is 2.29. The van der Waals surface area contributed by atoms with E-state index in [1.807, 2.05) is 6.07 Å². The molecule has 0 fully saturated rings. The number of aromatic nitrogens is 1. The van der Waals surface area contributed by atoms with Crippen molar-refractivity contribution in [2.24, 2.45) is 0 Å². The number of alkyl halides is 3. The van der Waals surface area contributed by atoms with Gasteiger partial charge >= 0.3 is 0 Å². The van der Waals surface area contributed by atoms with Gasteiger partial charge in [0.15, 0.2) is 0 Å². The Morgan fingerprint density at radius 2 is 2.12 bits per heavy atom. The van der Waals surface area contributed by atoms with Crippen LogP contribution < -0.4 is 0 Å². The molecule has 0 amide bonds. The Hall–Kier alpha value is -1.72. The molecule has 0 N–H and O–H groups in total. The Morgan fingerprint density at radius 3 is 2.56 bits per heavy atom. The number of hydrogen-bond acceptors (Lipinski definition) is 3. The first-order chi connectivity index (χ1) is 7.65. The van der Waals surface area contributed by atoms with E-state index in [1.165, 1.54) is 0 Å². The average molecular weight is 242 g/mol. The monoisotopic (exact) mass is 241 g/mol. The molecule has 0 saturated carbocycles. The van der Waals surface area contributed by atoms with Gasteiger partial charge in [0.1, 0.15) is 6.07 Å². The number of nitrogens with zero attached hydrogens (tertiary/aromatic N) is 3. The van der Waals surface area contributed by atoms with Crippen molar-refractivity contribution < 1.29 is 8.78 Å². The Kier molecular flexibility index (Phi) is 4.16. The quantitative estimate of drug-likeness (QED) is 0.765. The lowest BCUT2D eigenvalue weighted by Crippen LogP contribution is -2.03. The van der Waals surface area contributed by atoms with Crippen LogP contribution >= 0.6 is 11.6 Å². The van der Waals surface area contributed by atoms with Crippen molar-refractivity contribution in [3.63, 3.8) is 0 Å². The molecule has 0 spiro atoms. The van der Waals surface area contributed by atoms with Gasteiger partial charge in [0.05, 0.1) is 23.7 Å². The largest absolute Gasteiger partial charge is 0.265 e. The van der Waals surface area contributed by atoms with Crippen molar-refractivity contribution in [2.45, 2.75) is 18.7 Å². The lowest BCUT2D eigenvalue weighted by Gasteiger charge is -2.09. The van der Waals surface area contributed by atoms with Gasteiger partial charge in [-0.25, -0.2) is 8.78 Å². The first-order valence-corrected chi connectivity index (χ1v) is 4.81. The Morgan fingerprint density at radius 1 is 1.44 bits per heavy atom. The van der Waals surface area contributed by atoms with Gasteiger partial charge in [0, 0.05) is 17.6 Å². The summed E-state index contributed by atoms with van der Waals surface area (Å²) in [6, 6.07) is 3.58. The number of rotatable bonds is 3. The molecule has 82 valence electrons. The lowest BCUT2D eigenvalue weighted by atomic mass is 10.0. The van der Waals surface area contributed by atoms with Gasteiger partial charge in [0.25, 0.3) is 6.43 Å². The van der Waals surface area contributed by atoms with Gasteiger partial charge in [-0.3, -0.25) is 4.98 Å². The fourth-order valence-electron chi connectivity index (χ4n) is 1.28. The van der Waals surface area contributed by atoms with Crippen LogP contribution in [0.2, 0.25) is 0 Å². The minimum Gasteiger partial charge on any atom is -0.258 e. The highest BCUT2D eigenvalue weighted by atomic mass is 35.5. The first-order valence-electron chi connectivity index (χ1n) is 4.27. The van der Waals surface area contributed by atoms with Gasteiger partial charge < -0.3 is 0 Å². The number of nitriles is 2. The molecule has 0 aliphatic rings. The highest BCUT2D eigenvalue weighted by Gasteiger charge is 2.19. The second kappa shape index (κ2) is 5.39. The molecule has 0 saturated heterocycles. The maximum absolute atomic E-state index is 12.6. The second-order valence-corrected chi connectivity index (χ2v) is 3.16. The molecule has 0 bridgehead atoms. The second-order valence-electron chi connectivity index (χ2n) is 2.89. The molecule has 0 unspecified atom stereocenters. The lowest BCUT2D eigenvalue weighted by molar-refractivity contribution is 0.150. The van der Waals surface area contributed by atoms with Crippen molar-refractivity contribution in [2.75, 3.05) is 0 Å². The predicted octanol–water partition coefficient (Wildman–Crippen LogP) is 2.70. The Bertz CT molecular complexity index is 474. The van der Waals surface area contributed by atoms with Gasteiger partial charge in [0.2, 0.25) is 0 Å². The van der Waals surface area contributed by atoms with Gasteiger partial charge in [-0.15, -0.1) is 11.6 Å². The summed E-state index contributed by atoms with van der Waals surface area (Å²) in [5, 5.41) is 17.4. The SMILES string of the molecule is N#CCc1ncc(C(F)F)c(CCl)c1C#N. The van der Waals surface area contributed by atoms with E-state index in [0.717, 1.165) is 6.20 Å². The molecule has 0 aromatic carbocycles. The van der Waals surface area contributed by atoms with Crippen LogP contribution in [0.3, 0.4) is 0 Å². The van der Waals surface area contributed by atoms with Crippen molar-refractivity contribution in [3.05, 3.63) is 28.6 Å². The summed E-state index contributed by atoms with van der Waals surface area (Å²) < 4.78 is 25.2. The zero-order valence-corrected chi connectivity index (χ0v) is 8.80. The molecule has 0 aliphatic carbocycles. The van der Waals surface area contributed by atoms with E-state index in [9.17, 15) is 8.78 Å². The summed E-state index contributed by atoms with van der Waals surface area (Å²) in [7, 11) is 0. The average Bonchev–Trinajstić information content (AvgIpc) is 2.28. The van der Waals surface area contributed by atoms with Crippen molar-refractivity contribution in [1.82, 2.24) is 4.98 Å². The normalized spacial score (nSPS) is 9.88. The van der Waals surface area contributed by atoms with Crippen LogP contribution in [-0.4, -0.2) is 4.98 Å². The van der Waals surface area contributed by atoms with Gasteiger partial charge in [-0.05, 0) is 5.56 Å². The molecule has 1 heterocycles. The summed E-state index contributed by atoms with van der Waals surface area (Å²) >= 11 is 5.54. The minimum atomic E-state index is -2.73. The van der Waals surface area contributed by atoms with E-state index in [4.69, 9.17) is 22.1 Å². The van der Waals surface area contributed by atoms with E-state index >= 15 is 0 Å². The van der Waals surface area contributed by atoms with E-state index in [1.54, 1.807) is 6.07 Å². The summed E-state index contributed by atoms with van der Waals surface area (Å²) in [6.45, 7) is 0. The molecule has 0 radical (unpaired) electrons. The molecule has 3 nitrogen and oxygen atoms in total. The van der Waals surface area contributed by atoms with Crippen LogP contribution in [0.1, 0.15) is 28.8 Å². The summed E-state index contributed by atoms with van der Waals surface area (Å²) in [4.78, 5) is 3.69. The van der Waals surface area contributed by atoms with E-state index in [2.05, 4.69) is 4.98 Å². The number of halogens is 3. The van der Waals surface area contributed by atoms with Crippen molar-refractivity contribution in [3.8, 4) is 12.1 Å². The van der Waals surface area contributed by atoms with E-state index in [-0.39, 0.29) is 34.7 Å². The zero-order chi connectivity index (χ0) is 12.1. The molecule has 1 aromatic heterocycles. The maximum atomic E-state index is 12.6. The highest BCUT2D eigenvalue weighted by Crippen LogP contribution is 2.27. The smallest absolute Gasteiger partial charge is 0.258 e. The van der Waals surface area contributed by atoms with E-state index < -0.39 is 6.43 Å². The molecule has 1 rings (SSSR count). The van der Waals surface area contributed by atoms with Crippen LogP contribution in [-0.2, 0) is 12.3 Å². The van der Waals surface area contributed by atoms with Gasteiger partial charge in [-0.1, -0.05) is 0 Å². The maximum Gasteiger partial charge on any atom is 0.265 e. The fraction of sp³-hybridized carbons (Fsp3) is 0.300. The van der Waals surface area contributed by atoms with Crippen LogP contribution in [0.25, 0.3) is 0 Å². The molecule has 6 heteroatoms. The summed E-state index contributed by atoms with van der Waals surface area (Å²) in [5.74, 6) is -0.205. The van der Waals surface area contributed by atoms with Crippen LogP contribution in [0.5, 0.6) is 0 Å². The van der Waals surface area contributed by atoms with E-state index in [0.29, 0.717) is 0 Å². The fourth-order valence-corrected chi connectivity index (χ4v) is 1.57. The number of hydrogen-bond donors (Lipinski definition) is 0. The van der Waals surface area contributed by atoms with Crippen LogP contribution in [0.15, 0.2) is 6.20 Å². The standard InChI is InChI=1S/C10H6ClF2N3/c11-3-6-7(4-15)9(1-2-14)16-5-8(6)10(12)13/h5,10H,1,3H2. The highest BCUT2D eigenvalue weighted by molar-refractivity contribution is 6.17. The van der Waals surface area contributed by atoms with Crippen LogP contribution in [0.4, 0.5) is 8.78 Å². The first kappa shape index (κ1) is 12.4. The number of pyridine rings is 1. The molecular formula is C10H6ClF2N3. The third-order valence-electron chi connectivity index (χ3n) is 2.03. The molecule has 0 aliphatic heterocycles. The summed E-state index contributed by atoms with van der Waals surface area (Å²) in [5.41, 5.74) is -0.132. The Labute approximate surface area is 95.9 Å². The zero-order valence-electron chi connectivity index (χ0n) is 8.04. The predicted molar refractivity (Wildman–Crippen MR) is 52.8 cm³/mol. The summed E-state index contributed by atoms with van der Waals surface area (Å²) in [6.07, 6.45) is -1.86. The minimum absolute atomic E-state index is 0.0191. The van der Waals surface area contributed by atoms with Crippen molar-refractivity contribution in [1.29, 1.82) is 10.5 Å². The molecular weight excluding hydrogens is 236 g/mol. The Balaban J connectivity index is 3.42. The molecule has 1 aromatic rings. The third kappa shape index (κ3) is 2.26. The van der Waals surface area contributed by atoms with Gasteiger partial charge in [-0.2, -0.15) is 10.5 Å². The molecule has 0 atom stereocenters.